The smallest absolute Gasteiger partial charge is 0.189 e. The third kappa shape index (κ3) is 6.71. The van der Waals surface area contributed by atoms with Gasteiger partial charge in [0.15, 0.2) is 5.96 Å². The Morgan fingerprint density at radius 3 is 3.00 bits per heavy atom. The number of rotatable bonds is 4. The van der Waals surface area contributed by atoms with Crippen molar-refractivity contribution in [2.75, 3.05) is 13.1 Å². The predicted molar refractivity (Wildman–Crippen MR) is 78.0 cm³/mol. The number of ether oxygens (including phenoxy) is 1. The van der Waals surface area contributed by atoms with Crippen molar-refractivity contribution in [3.8, 4) is 0 Å². The van der Waals surface area contributed by atoms with Gasteiger partial charge in [-0.15, -0.1) is 24.0 Å². The summed E-state index contributed by atoms with van der Waals surface area (Å²) < 4.78 is 5.38. The molecule has 1 aliphatic rings. The van der Waals surface area contributed by atoms with Gasteiger partial charge in [-0.3, -0.25) is 0 Å². The molecule has 4 nitrogen and oxygen atoms in total. The van der Waals surface area contributed by atoms with E-state index in [1.807, 2.05) is 13.0 Å². The Labute approximate surface area is 114 Å². The second kappa shape index (κ2) is 8.43. The van der Waals surface area contributed by atoms with E-state index in [4.69, 9.17) is 10.5 Å². The molecule has 92 valence electrons. The first-order valence-electron chi connectivity index (χ1n) is 5.17. The minimum Gasteiger partial charge on any atom is -0.497 e. The molecule has 1 aliphatic heterocycles. The summed E-state index contributed by atoms with van der Waals surface area (Å²) >= 11 is 0. The van der Waals surface area contributed by atoms with Crippen molar-refractivity contribution in [1.82, 2.24) is 5.32 Å². The van der Waals surface area contributed by atoms with E-state index in [0.29, 0.717) is 19.0 Å². The zero-order chi connectivity index (χ0) is 11.1. The fraction of sp³-hybridized carbons (Fsp3) is 0.545. The van der Waals surface area contributed by atoms with Gasteiger partial charge >= 0.3 is 0 Å². The van der Waals surface area contributed by atoms with Gasteiger partial charge in [-0.25, -0.2) is 4.99 Å². The molecular formula is C11H20IN3O. The highest BCUT2D eigenvalue weighted by Crippen LogP contribution is 2.08. The molecule has 0 aromatic carbocycles. The lowest BCUT2D eigenvalue weighted by Crippen LogP contribution is -2.38. The molecule has 16 heavy (non-hydrogen) atoms. The van der Waals surface area contributed by atoms with Crippen molar-refractivity contribution in [2.45, 2.75) is 25.9 Å². The van der Waals surface area contributed by atoms with E-state index in [2.05, 4.69) is 16.9 Å². The van der Waals surface area contributed by atoms with Crippen molar-refractivity contribution < 1.29 is 4.74 Å². The van der Waals surface area contributed by atoms with Crippen molar-refractivity contribution in [3.63, 3.8) is 0 Å². The number of nitrogens with one attached hydrogen (secondary N) is 1. The Balaban J connectivity index is 0.00000225. The fourth-order valence-electron chi connectivity index (χ4n) is 1.23. The third-order valence-electron chi connectivity index (χ3n) is 2.05. The van der Waals surface area contributed by atoms with Crippen LogP contribution in [0.4, 0.5) is 0 Å². The summed E-state index contributed by atoms with van der Waals surface area (Å²) in [6.45, 7) is 6.95. The molecular weight excluding hydrogens is 317 g/mol. The lowest BCUT2D eigenvalue weighted by atomic mass is 10.1. The lowest BCUT2D eigenvalue weighted by Gasteiger charge is -2.19. The first-order valence-corrected chi connectivity index (χ1v) is 5.17. The van der Waals surface area contributed by atoms with Gasteiger partial charge in [-0.05, 0) is 25.8 Å². The number of nitrogens with two attached hydrogens (primary N) is 1. The second-order valence-corrected chi connectivity index (χ2v) is 3.75. The Morgan fingerprint density at radius 1 is 1.69 bits per heavy atom. The molecule has 0 aromatic rings. The van der Waals surface area contributed by atoms with Crippen LogP contribution in [0.1, 0.15) is 19.8 Å². The maximum absolute atomic E-state index is 5.66. The molecule has 0 amide bonds. The highest BCUT2D eigenvalue weighted by molar-refractivity contribution is 14.0. The molecule has 0 saturated carbocycles. The number of hydrogen-bond donors (Lipinski definition) is 2. The molecule has 1 rings (SSSR count). The Hall–Kier alpha value is -0.720. The number of guanidine groups is 1. The fourth-order valence-corrected chi connectivity index (χ4v) is 1.23. The number of nitrogens with zero attached hydrogens (tertiary/aromatic N) is 1. The van der Waals surface area contributed by atoms with Crippen molar-refractivity contribution in [2.24, 2.45) is 10.7 Å². The first kappa shape index (κ1) is 15.3. The van der Waals surface area contributed by atoms with Gasteiger partial charge in [0.25, 0.3) is 0 Å². The van der Waals surface area contributed by atoms with Crippen LogP contribution in [0.2, 0.25) is 0 Å². The average molecular weight is 337 g/mol. The van der Waals surface area contributed by atoms with Crippen molar-refractivity contribution in [1.29, 1.82) is 0 Å². The molecule has 1 heterocycles. The summed E-state index contributed by atoms with van der Waals surface area (Å²) in [5.41, 5.74) is 6.66. The predicted octanol–water partition coefficient (Wildman–Crippen LogP) is 1.78. The number of hydrogen-bond acceptors (Lipinski definition) is 2. The third-order valence-corrected chi connectivity index (χ3v) is 2.05. The molecule has 0 radical (unpaired) electrons. The standard InChI is InChI=1S/C11H19N3O.HI/c1-9(2)7-13-11(12)14-8-10-5-3-4-6-15-10;/h4,6,10H,1,3,5,7-8H2,2H3,(H3,12,13,14);1H. The molecule has 5 heteroatoms. The molecule has 3 N–H and O–H groups in total. The highest BCUT2D eigenvalue weighted by atomic mass is 127. The molecule has 0 fully saturated rings. The number of halogens is 1. The Bertz CT molecular complexity index is 276. The summed E-state index contributed by atoms with van der Waals surface area (Å²) in [5, 5.41) is 3.04. The van der Waals surface area contributed by atoms with Gasteiger partial charge in [0.2, 0.25) is 0 Å². The summed E-state index contributed by atoms with van der Waals surface area (Å²) in [7, 11) is 0. The second-order valence-electron chi connectivity index (χ2n) is 3.75. The van der Waals surface area contributed by atoms with Crippen molar-refractivity contribution >= 4 is 29.9 Å². The van der Waals surface area contributed by atoms with Gasteiger partial charge in [-0.1, -0.05) is 12.2 Å². The SMILES string of the molecule is C=C(C)CN=C(N)NCC1CCC=CO1.I. The maximum atomic E-state index is 5.66. The van der Waals surface area contributed by atoms with Gasteiger partial charge in [0.1, 0.15) is 6.10 Å². The van der Waals surface area contributed by atoms with E-state index >= 15 is 0 Å². The molecule has 0 aliphatic carbocycles. The van der Waals surface area contributed by atoms with Crippen LogP contribution in [0.25, 0.3) is 0 Å². The summed E-state index contributed by atoms with van der Waals surface area (Å²) in [6, 6.07) is 0. The summed E-state index contributed by atoms with van der Waals surface area (Å²) in [4.78, 5) is 4.12. The molecule has 0 spiro atoms. The van der Waals surface area contributed by atoms with Crippen LogP contribution >= 0.6 is 24.0 Å². The maximum Gasteiger partial charge on any atom is 0.189 e. The topological polar surface area (TPSA) is 59.6 Å². The van der Waals surface area contributed by atoms with Crippen LogP contribution in [0, 0.1) is 0 Å². The van der Waals surface area contributed by atoms with Gasteiger partial charge in [-0.2, -0.15) is 0 Å². The van der Waals surface area contributed by atoms with E-state index in [1.165, 1.54) is 0 Å². The van der Waals surface area contributed by atoms with Crippen LogP contribution in [-0.4, -0.2) is 25.2 Å². The van der Waals surface area contributed by atoms with Crippen LogP contribution in [0.5, 0.6) is 0 Å². The van der Waals surface area contributed by atoms with Crippen LogP contribution < -0.4 is 11.1 Å². The monoisotopic (exact) mass is 337 g/mol. The molecule has 0 saturated heterocycles. The minimum atomic E-state index is 0. The number of allylic oxidation sites excluding steroid dienone is 1. The van der Waals surface area contributed by atoms with Crippen LogP contribution in [0.15, 0.2) is 29.5 Å². The van der Waals surface area contributed by atoms with Crippen LogP contribution in [-0.2, 0) is 4.74 Å². The molecule has 0 aromatic heterocycles. The largest absolute Gasteiger partial charge is 0.497 e. The minimum absolute atomic E-state index is 0. The molecule has 0 bridgehead atoms. The van der Waals surface area contributed by atoms with Crippen LogP contribution in [0.3, 0.4) is 0 Å². The number of aliphatic imine (C=N–C) groups is 1. The zero-order valence-electron chi connectivity index (χ0n) is 9.61. The van der Waals surface area contributed by atoms with Gasteiger partial charge in [0, 0.05) is 0 Å². The zero-order valence-corrected chi connectivity index (χ0v) is 11.9. The van der Waals surface area contributed by atoms with E-state index in [-0.39, 0.29) is 30.1 Å². The molecule has 1 atom stereocenters. The quantitative estimate of drug-likeness (QED) is 0.356. The lowest BCUT2D eigenvalue weighted by molar-refractivity contribution is 0.127. The highest BCUT2D eigenvalue weighted by Gasteiger charge is 2.10. The van der Waals surface area contributed by atoms with E-state index in [0.717, 1.165) is 18.4 Å². The summed E-state index contributed by atoms with van der Waals surface area (Å²) in [6.07, 6.45) is 6.06. The van der Waals surface area contributed by atoms with Gasteiger partial charge in [0.05, 0.1) is 19.4 Å². The summed E-state index contributed by atoms with van der Waals surface area (Å²) in [5.74, 6) is 0.455. The molecule has 1 unspecified atom stereocenters. The average Bonchev–Trinajstić information content (AvgIpc) is 2.25. The van der Waals surface area contributed by atoms with E-state index in [1.54, 1.807) is 6.26 Å². The van der Waals surface area contributed by atoms with E-state index in [9.17, 15) is 0 Å². The normalized spacial score (nSPS) is 19.6. The Kier molecular flexibility index (Phi) is 8.05. The Morgan fingerprint density at radius 2 is 2.44 bits per heavy atom. The van der Waals surface area contributed by atoms with Crippen molar-refractivity contribution in [3.05, 3.63) is 24.5 Å². The van der Waals surface area contributed by atoms with E-state index < -0.39 is 0 Å². The first-order chi connectivity index (χ1) is 7.18. The van der Waals surface area contributed by atoms with Gasteiger partial charge < -0.3 is 15.8 Å².